The Balaban J connectivity index is 0.00000306. The second-order valence-corrected chi connectivity index (χ2v) is 11.1. The molecule has 1 aliphatic rings. The number of amides is 1. The van der Waals surface area contributed by atoms with Crippen molar-refractivity contribution in [2.75, 3.05) is 50.0 Å². The number of anilines is 1. The molecular weight excluding hydrogens is 505 g/mol. The van der Waals surface area contributed by atoms with Gasteiger partial charge in [0.2, 0.25) is 5.91 Å². The molecule has 2 aromatic carbocycles. The molecular formula is C22H25Cl2N3O4S2. The Hall–Kier alpha value is -1.75. The number of morpholine rings is 1. The average Bonchev–Trinajstić information content (AvgIpc) is 3.20. The van der Waals surface area contributed by atoms with Gasteiger partial charge in [0.1, 0.15) is 11.3 Å². The minimum Gasteiger partial charge on any atom is -0.379 e. The summed E-state index contributed by atoms with van der Waals surface area (Å²) in [6.07, 6.45) is 0. The lowest BCUT2D eigenvalue weighted by atomic mass is 10.2. The number of sulfone groups is 1. The first-order chi connectivity index (χ1) is 15.3. The second kappa shape index (κ2) is 11.1. The number of hydrogen-bond acceptors (Lipinski definition) is 7. The molecule has 2 heterocycles. The molecule has 1 aromatic heterocycles. The van der Waals surface area contributed by atoms with E-state index in [1.807, 2.05) is 19.1 Å². The molecule has 0 bridgehead atoms. The summed E-state index contributed by atoms with van der Waals surface area (Å²) in [5.74, 6) is -1.13. The smallest absolute Gasteiger partial charge is 0.244 e. The van der Waals surface area contributed by atoms with Crippen LogP contribution in [0.4, 0.5) is 5.13 Å². The molecule has 0 unspecified atom stereocenters. The topological polar surface area (TPSA) is 79.8 Å². The van der Waals surface area contributed by atoms with Crippen LogP contribution in [0.25, 0.3) is 10.2 Å². The number of hydrogen-bond donors (Lipinski definition) is 0. The average molecular weight is 530 g/mol. The van der Waals surface area contributed by atoms with Crippen molar-refractivity contribution < 1.29 is 17.9 Å². The van der Waals surface area contributed by atoms with Gasteiger partial charge in [-0.3, -0.25) is 14.6 Å². The van der Waals surface area contributed by atoms with Gasteiger partial charge in [-0.05, 0) is 31.2 Å². The number of para-hydroxylation sites is 1. The minimum atomic E-state index is -3.78. The number of aryl methyl sites for hydroxylation is 1. The Labute approximate surface area is 208 Å². The van der Waals surface area contributed by atoms with E-state index in [9.17, 15) is 13.2 Å². The van der Waals surface area contributed by atoms with Gasteiger partial charge in [-0.1, -0.05) is 46.7 Å². The zero-order chi connectivity index (χ0) is 22.7. The third kappa shape index (κ3) is 6.23. The second-order valence-electron chi connectivity index (χ2n) is 7.65. The molecule has 0 N–H and O–H groups in total. The van der Waals surface area contributed by atoms with Crippen molar-refractivity contribution in [3.63, 3.8) is 0 Å². The number of carbonyl (C=O) groups is 1. The normalized spacial score (nSPS) is 14.7. The van der Waals surface area contributed by atoms with E-state index in [0.717, 1.165) is 23.4 Å². The standard InChI is InChI=1S/C22H24ClN3O4S2.ClH/c1-16-5-7-17(8-6-16)32(28,29)15-20(27)26(10-9-25-11-13-30-14-12-25)22-24-21-18(23)3-2-4-19(21)31-22;/h2-8H,9-15H2,1H3;1H. The molecule has 1 amide bonds. The molecule has 4 rings (SSSR count). The van der Waals surface area contributed by atoms with Crippen molar-refractivity contribution in [2.24, 2.45) is 0 Å². The van der Waals surface area contributed by atoms with Crippen molar-refractivity contribution in [1.82, 2.24) is 9.88 Å². The highest BCUT2D eigenvalue weighted by Crippen LogP contribution is 2.33. The molecule has 7 nitrogen and oxygen atoms in total. The largest absolute Gasteiger partial charge is 0.379 e. The predicted molar refractivity (Wildman–Crippen MR) is 135 cm³/mol. The van der Waals surface area contributed by atoms with Crippen LogP contribution in [0, 0.1) is 6.92 Å². The van der Waals surface area contributed by atoms with Crippen molar-refractivity contribution in [3.8, 4) is 0 Å². The summed E-state index contributed by atoms with van der Waals surface area (Å²) in [6.45, 7) is 5.65. The van der Waals surface area contributed by atoms with E-state index in [0.29, 0.717) is 42.0 Å². The summed E-state index contributed by atoms with van der Waals surface area (Å²) < 4.78 is 32.1. The van der Waals surface area contributed by atoms with Crippen LogP contribution in [0.5, 0.6) is 0 Å². The summed E-state index contributed by atoms with van der Waals surface area (Å²) in [5, 5.41) is 0.948. The number of thiazole rings is 1. The molecule has 1 fully saturated rings. The first-order valence-corrected chi connectivity index (χ1v) is 13.1. The quantitative estimate of drug-likeness (QED) is 0.462. The fourth-order valence-electron chi connectivity index (χ4n) is 3.48. The maximum Gasteiger partial charge on any atom is 0.244 e. The van der Waals surface area contributed by atoms with E-state index in [1.165, 1.54) is 28.4 Å². The SMILES string of the molecule is Cc1ccc(S(=O)(=O)CC(=O)N(CCN2CCOCC2)c2nc3c(Cl)cccc3s2)cc1.Cl. The van der Waals surface area contributed by atoms with Crippen LogP contribution in [-0.4, -0.2) is 69.4 Å². The molecule has 178 valence electrons. The van der Waals surface area contributed by atoms with Gasteiger partial charge in [0.25, 0.3) is 0 Å². The molecule has 11 heteroatoms. The molecule has 0 atom stereocenters. The monoisotopic (exact) mass is 529 g/mol. The van der Waals surface area contributed by atoms with Gasteiger partial charge < -0.3 is 4.74 Å². The lowest BCUT2D eigenvalue weighted by Gasteiger charge is -2.29. The van der Waals surface area contributed by atoms with Gasteiger partial charge in [0.05, 0.1) is 27.8 Å². The third-order valence-corrected chi connectivity index (χ3v) is 8.29. The number of ether oxygens (including phenoxy) is 1. The van der Waals surface area contributed by atoms with E-state index >= 15 is 0 Å². The van der Waals surface area contributed by atoms with Gasteiger partial charge in [-0.2, -0.15) is 0 Å². The van der Waals surface area contributed by atoms with E-state index in [1.54, 1.807) is 18.2 Å². The predicted octanol–water partition coefficient (Wildman–Crippen LogP) is 3.82. The first-order valence-electron chi connectivity index (χ1n) is 10.3. The van der Waals surface area contributed by atoms with Gasteiger partial charge in [0, 0.05) is 26.2 Å². The van der Waals surface area contributed by atoms with Gasteiger partial charge >= 0.3 is 0 Å². The summed E-state index contributed by atoms with van der Waals surface area (Å²) in [4.78, 5) is 21.6. The van der Waals surface area contributed by atoms with Crippen LogP contribution in [0.2, 0.25) is 5.02 Å². The first kappa shape index (κ1) is 25.9. The number of rotatable bonds is 7. The highest BCUT2D eigenvalue weighted by molar-refractivity contribution is 7.92. The van der Waals surface area contributed by atoms with Crippen LogP contribution >= 0.6 is 35.3 Å². The van der Waals surface area contributed by atoms with Crippen LogP contribution in [0.15, 0.2) is 47.4 Å². The molecule has 1 aliphatic heterocycles. The van der Waals surface area contributed by atoms with Crippen molar-refractivity contribution >= 4 is 66.4 Å². The number of aromatic nitrogens is 1. The van der Waals surface area contributed by atoms with Gasteiger partial charge in [0.15, 0.2) is 15.0 Å². The van der Waals surface area contributed by atoms with E-state index in [2.05, 4.69) is 9.88 Å². The van der Waals surface area contributed by atoms with Crippen molar-refractivity contribution in [3.05, 3.63) is 53.1 Å². The number of halogens is 2. The van der Waals surface area contributed by atoms with Gasteiger partial charge in [-0.15, -0.1) is 12.4 Å². The molecule has 3 aromatic rings. The molecule has 33 heavy (non-hydrogen) atoms. The molecule has 0 aliphatic carbocycles. The lowest BCUT2D eigenvalue weighted by molar-refractivity contribution is -0.116. The van der Waals surface area contributed by atoms with Crippen molar-refractivity contribution in [2.45, 2.75) is 11.8 Å². The summed E-state index contributed by atoms with van der Waals surface area (Å²) in [6, 6.07) is 12.0. The summed E-state index contributed by atoms with van der Waals surface area (Å²) >= 11 is 7.61. The van der Waals surface area contributed by atoms with E-state index in [-0.39, 0.29) is 17.3 Å². The Morgan fingerprint density at radius 1 is 1.18 bits per heavy atom. The van der Waals surface area contributed by atoms with E-state index < -0.39 is 21.5 Å². The maximum atomic E-state index is 13.3. The van der Waals surface area contributed by atoms with Gasteiger partial charge in [-0.25, -0.2) is 13.4 Å². The summed E-state index contributed by atoms with van der Waals surface area (Å²) in [7, 11) is -3.78. The Morgan fingerprint density at radius 2 is 1.88 bits per heavy atom. The molecule has 0 radical (unpaired) electrons. The zero-order valence-electron chi connectivity index (χ0n) is 18.1. The molecule has 0 spiro atoms. The third-order valence-electron chi connectivity index (χ3n) is 5.33. The fraction of sp³-hybridized carbons (Fsp3) is 0.364. The van der Waals surface area contributed by atoms with Crippen LogP contribution in [-0.2, 0) is 19.4 Å². The highest BCUT2D eigenvalue weighted by atomic mass is 35.5. The number of benzene rings is 2. The Bertz CT molecular complexity index is 1210. The fourth-order valence-corrected chi connectivity index (χ4v) is 5.99. The van der Waals surface area contributed by atoms with Crippen LogP contribution < -0.4 is 4.90 Å². The van der Waals surface area contributed by atoms with Crippen LogP contribution in [0.3, 0.4) is 0 Å². The minimum absolute atomic E-state index is 0. The number of nitrogens with zero attached hydrogens (tertiary/aromatic N) is 3. The molecule has 1 saturated heterocycles. The summed E-state index contributed by atoms with van der Waals surface area (Å²) in [5.41, 5.74) is 1.56. The van der Waals surface area contributed by atoms with E-state index in [4.69, 9.17) is 16.3 Å². The van der Waals surface area contributed by atoms with Crippen molar-refractivity contribution in [1.29, 1.82) is 0 Å². The van der Waals surface area contributed by atoms with Crippen LogP contribution in [0.1, 0.15) is 5.56 Å². The number of carbonyl (C=O) groups excluding carboxylic acids is 1. The lowest BCUT2D eigenvalue weighted by Crippen LogP contribution is -2.44. The zero-order valence-corrected chi connectivity index (χ0v) is 21.3. The number of fused-ring (bicyclic) bond motifs is 1. The molecule has 0 saturated carbocycles. The highest BCUT2D eigenvalue weighted by Gasteiger charge is 2.27. The Kier molecular flexibility index (Phi) is 8.71. The Morgan fingerprint density at radius 3 is 2.55 bits per heavy atom. The maximum absolute atomic E-state index is 13.3.